The van der Waals surface area contributed by atoms with Crippen LogP contribution in [0, 0.1) is 6.92 Å². The van der Waals surface area contributed by atoms with Crippen molar-refractivity contribution in [3.05, 3.63) is 36.8 Å². The molecule has 0 aromatic heterocycles. The standard InChI is InChI=1S/C16H23N2O/c1-14-2-4-15(5-3-14)17-8-10-18(11-9-17)16-6-12-19-13-7-16/h2-5,16H,1,6-13H2. The first-order chi connectivity index (χ1) is 9.33. The van der Waals surface area contributed by atoms with Crippen molar-refractivity contribution in [3.8, 4) is 0 Å². The summed E-state index contributed by atoms with van der Waals surface area (Å²) < 4.78 is 5.45. The third-order valence-electron chi connectivity index (χ3n) is 4.32. The molecule has 0 N–H and O–H groups in total. The SMILES string of the molecule is [CH2]c1ccc(N2CCN(C3CCOCC3)CC2)cc1. The van der Waals surface area contributed by atoms with Crippen molar-refractivity contribution in [3.63, 3.8) is 0 Å². The van der Waals surface area contributed by atoms with E-state index in [0.29, 0.717) is 0 Å². The van der Waals surface area contributed by atoms with E-state index in [9.17, 15) is 0 Å². The first-order valence-corrected chi connectivity index (χ1v) is 7.32. The van der Waals surface area contributed by atoms with Crippen molar-refractivity contribution < 1.29 is 4.74 Å². The Kier molecular flexibility index (Phi) is 4.04. The monoisotopic (exact) mass is 259 g/mol. The zero-order valence-electron chi connectivity index (χ0n) is 11.6. The van der Waals surface area contributed by atoms with E-state index < -0.39 is 0 Å². The molecule has 0 aliphatic carbocycles. The smallest absolute Gasteiger partial charge is 0.0480 e. The van der Waals surface area contributed by atoms with Crippen molar-refractivity contribution in [2.24, 2.45) is 0 Å². The first-order valence-electron chi connectivity index (χ1n) is 7.32. The van der Waals surface area contributed by atoms with Gasteiger partial charge in [0.05, 0.1) is 0 Å². The molecule has 2 aliphatic rings. The van der Waals surface area contributed by atoms with Gasteiger partial charge in [0.15, 0.2) is 0 Å². The fourth-order valence-electron chi connectivity index (χ4n) is 3.10. The largest absolute Gasteiger partial charge is 0.381 e. The molecule has 1 aromatic rings. The van der Waals surface area contributed by atoms with Crippen LogP contribution >= 0.6 is 0 Å². The normalized spacial score (nSPS) is 22.7. The van der Waals surface area contributed by atoms with Gasteiger partial charge in [0.25, 0.3) is 0 Å². The van der Waals surface area contributed by atoms with Crippen LogP contribution in [0.3, 0.4) is 0 Å². The van der Waals surface area contributed by atoms with Gasteiger partial charge >= 0.3 is 0 Å². The van der Waals surface area contributed by atoms with Gasteiger partial charge in [-0.2, -0.15) is 0 Å². The third kappa shape index (κ3) is 3.10. The summed E-state index contributed by atoms with van der Waals surface area (Å²) in [5.74, 6) is 0. The Balaban J connectivity index is 1.55. The Morgan fingerprint density at radius 1 is 0.947 bits per heavy atom. The van der Waals surface area contributed by atoms with Gasteiger partial charge in [0.2, 0.25) is 0 Å². The van der Waals surface area contributed by atoms with Crippen molar-refractivity contribution in [1.82, 2.24) is 4.90 Å². The van der Waals surface area contributed by atoms with Gasteiger partial charge in [0.1, 0.15) is 0 Å². The molecule has 0 atom stereocenters. The van der Waals surface area contributed by atoms with Crippen LogP contribution in [-0.4, -0.2) is 50.3 Å². The molecule has 3 heteroatoms. The van der Waals surface area contributed by atoms with Crippen LogP contribution in [-0.2, 0) is 4.74 Å². The van der Waals surface area contributed by atoms with Crippen LogP contribution in [0.2, 0.25) is 0 Å². The van der Waals surface area contributed by atoms with Crippen molar-refractivity contribution >= 4 is 5.69 Å². The molecule has 0 bridgehead atoms. The van der Waals surface area contributed by atoms with Crippen molar-refractivity contribution in [2.45, 2.75) is 18.9 Å². The number of rotatable bonds is 2. The van der Waals surface area contributed by atoms with Crippen LogP contribution in [0.15, 0.2) is 24.3 Å². The summed E-state index contributed by atoms with van der Waals surface area (Å²) in [5, 5.41) is 0. The zero-order valence-corrected chi connectivity index (χ0v) is 11.6. The van der Waals surface area contributed by atoms with Gasteiger partial charge < -0.3 is 9.64 Å². The summed E-state index contributed by atoms with van der Waals surface area (Å²) in [4.78, 5) is 5.13. The van der Waals surface area contributed by atoms with Crippen molar-refractivity contribution in [2.75, 3.05) is 44.3 Å². The second kappa shape index (κ2) is 5.93. The maximum atomic E-state index is 5.45. The third-order valence-corrected chi connectivity index (χ3v) is 4.32. The van der Waals surface area contributed by atoms with Crippen molar-refractivity contribution in [1.29, 1.82) is 0 Å². The fraction of sp³-hybridized carbons (Fsp3) is 0.562. The second-order valence-corrected chi connectivity index (χ2v) is 5.53. The summed E-state index contributed by atoms with van der Waals surface area (Å²) >= 11 is 0. The van der Waals surface area contributed by atoms with E-state index >= 15 is 0 Å². The average molecular weight is 259 g/mol. The van der Waals surface area contributed by atoms with Gasteiger partial charge in [-0.1, -0.05) is 12.1 Å². The predicted octanol–water partition coefficient (Wildman–Crippen LogP) is 2.17. The number of hydrogen-bond donors (Lipinski definition) is 0. The number of anilines is 1. The summed E-state index contributed by atoms with van der Waals surface area (Å²) in [5.41, 5.74) is 2.42. The minimum Gasteiger partial charge on any atom is -0.381 e. The lowest BCUT2D eigenvalue weighted by atomic mass is 10.1. The highest BCUT2D eigenvalue weighted by molar-refractivity contribution is 5.48. The summed E-state index contributed by atoms with van der Waals surface area (Å²) in [7, 11) is 0. The Bertz CT molecular complexity index is 390. The average Bonchev–Trinajstić information content (AvgIpc) is 2.49. The lowest BCUT2D eigenvalue weighted by Gasteiger charge is -2.41. The molecule has 19 heavy (non-hydrogen) atoms. The number of hydrogen-bond acceptors (Lipinski definition) is 3. The van der Waals surface area contributed by atoms with Gasteiger partial charge in [-0.05, 0) is 37.5 Å². The number of piperazine rings is 1. The number of nitrogens with zero attached hydrogens (tertiary/aromatic N) is 2. The number of ether oxygens (including phenoxy) is 1. The molecule has 0 saturated carbocycles. The van der Waals surface area contributed by atoms with Crippen LogP contribution in [0.4, 0.5) is 5.69 Å². The maximum Gasteiger partial charge on any atom is 0.0480 e. The summed E-state index contributed by atoms with van der Waals surface area (Å²) in [6.45, 7) is 10.4. The highest BCUT2D eigenvalue weighted by Crippen LogP contribution is 2.20. The van der Waals surface area contributed by atoms with Crippen LogP contribution in [0.5, 0.6) is 0 Å². The molecule has 0 spiro atoms. The van der Waals surface area contributed by atoms with E-state index in [2.05, 4.69) is 41.0 Å². The Labute approximate surface area is 116 Å². The zero-order chi connectivity index (χ0) is 13.1. The molecular formula is C16H23N2O. The molecule has 3 rings (SSSR count). The Hall–Kier alpha value is -1.06. The molecule has 2 saturated heterocycles. The molecule has 2 aliphatic heterocycles. The van der Waals surface area contributed by atoms with E-state index in [-0.39, 0.29) is 0 Å². The quantitative estimate of drug-likeness (QED) is 0.809. The predicted molar refractivity (Wildman–Crippen MR) is 78.5 cm³/mol. The van der Waals surface area contributed by atoms with Gasteiger partial charge in [-0.25, -0.2) is 0 Å². The minimum atomic E-state index is 0.748. The van der Waals surface area contributed by atoms with Gasteiger partial charge in [-0.15, -0.1) is 0 Å². The summed E-state index contributed by atoms with van der Waals surface area (Å²) in [6, 6.07) is 9.32. The van der Waals surface area contributed by atoms with Gasteiger partial charge in [0, 0.05) is 51.1 Å². The molecular weight excluding hydrogens is 236 g/mol. The Morgan fingerprint density at radius 3 is 2.21 bits per heavy atom. The lowest BCUT2D eigenvalue weighted by molar-refractivity contribution is 0.0321. The van der Waals surface area contributed by atoms with Crippen LogP contribution in [0.25, 0.3) is 0 Å². The first kappa shape index (κ1) is 12.9. The molecule has 2 fully saturated rings. The Morgan fingerprint density at radius 2 is 1.58 bits per heavy atom. The van der Waals surface area contributed by atoms with E-state index in [1.165, 1.54) is 31.6 Å². The van der Waals surface area contributed by atoms with Crippen LogP contribution in [0.1, 0.15) is 18.4 Å². The highest BCUT2D eigenvalue weighted by Gasteiger charge is 2.25. The maximum absolute atomic E-state index is 5.45. The fourth-order valence-corrected chi connectivity index (χ4v) is 3.10. The lowest BCUT2D eigenvalue weighted by Crippen LogP contribution is -2.51. The minimum absolute atomic E-state index is 0.748. The van der Waals surface area contributed by atoms with Gasteiger partial charge in [-0.3, -0.25) is 4.90 Å². The molecule has 1 aromatic carbocycles. The van der Waals surface area contributed by atoms with E-state index in [1.807, 2.05) is 0 Å². The molecule has 1 radical (unpaired) electrons. The molecule has 0 unspecified atom stereocenters. The molecule has 103 valence electrons. The van der Waals surface area contributed by atoms with E-state index in [4.69, 9.17) is 4.74 Å². The number of benzene rings is 1. The highest BCUT2D eigenvalue weighted by atomic mass is 16.5. The van der Waals surface area contributed by atoms with E-state index in [0.717, 1.165) is 37.9 Å². The molecule has 3 nitrogen and oxygen atoms in total. The molecule has 0 amide bonds. The topological polar surface area (TPSA) is 15.7 Å². The second-order valence-electron chi connectivity index (χ2n) is 5.53. The van der Waals surface area contributed by atoms with E-state index in [1.54, 1.807) is 0 Å². The van der Waals surface area contributed by atoms with Crippen LogP contribution < -0.4 is 4.90 Å². The molecule has 2 heterocycles. The summed E-state index contributed by atoms with van der Waals surface area (Å²) in [6.07, 6.45) is 2.41.